The molecule has 2 N–H and O–H groups in total. The number of rotatable bonds is 5. The minimum Gasteiger partial charge on any atom is -0.357 e. The number of guanidine groups is 1. The summed E-state index contributed by atoms with van der Waals surface area (Å²) in [6, 6.07) is 8.72. The first-order chi connectivity index (χ1) is 11.1. The zero-order valence-electron chi connectivity index (χ0n) is 14.8. The molecule has 5 nitrogen and oxygen atoms in total. The summed E-state index contributed by atoms with van der Waals surface area (Å²) in [4.78, 5) is 18.4. The van der Waals surface area contributed by atoms with Crippen LogP contribution in [-0.2, 0) is 11.3 Å². The number of benzene rings is 1. The van der Waals surface area contributed by atoms with Gasteiger partial charge in [0.2, 0.25) is 5.91 Å². The van der Waals surface area contributed by atoms with Crippen LogP contribution in [0.2, 0.25) is 0 Å². The fraction of sp³-hybridized carbons (Fsp3) is 0.556. The Morgan fingerprint density at radius 1 is 1.29 bits per heavy atom. The highest BCUT2D eigenvalue weighted by atomic mass is 127. The first-order valence-electron chi connectivity index (χ1n) is 8.50. The smallest absolute Gasteiger partial charge is 0.222 e. The van der Waals surface area contributed by atoms with Gasteiger partial charge in [0.05, 0.1) is 6.54 Å². The molecule has 0 saturated carbocycles. The second-order valence-corrected chi connectivity index (χ2v) is 6.00. The molecule has 0 bridgehead atoms. The number of hydrogen-bond acceptors (Lipinski definition) is 2. The predicted octanol–water partition coefficient (Wildman–Crippen LogP) is 2.68. The number of nitrogens with zero attached hydrogens (tertiary/aromatic N) is 2. The largest absolute Gasteiger partial charge is 0.357 e. The molecular weight excluding hydrogens is 415 g/mol. The molecule has 1 aliphatic heterocycles. The molecule has 1 amide bonds. The van der Waals surface area contributed by atoms with Gasteiger partial charge in [-0.3, -0.25) is 4.79 Å². The van der Waals surface area contributed by atoms with Crippen molar-refractivity contribution in [1.82, 2.24) is 15.5 Å². The van der Waals surface area contributed by atoms with Crippen molar-refractivity contribution in [2.45, 2.75) is 46.2 Å². The van der Waals surface area contributed by atoms with E-state index in [1.807, 2.05) is 11.8 Å². The fourth-order valence-electron chi connectivity index (χ4n) is 2.71. The molecule has 0 aromatic heterocycles. The van der Waals surface area contributed by atoms with E-state index in [0.29, 0.717) is 13.0 Å². The van der Waals surface area contributed by atoms with Gasteiger partial charge in [-0.15, -0.1) is 24.0 Å². The molecule has 1 fully saturated rings. The zero-order chi connectivity index (χ0) is 16.7. The van der Waals surface area contributed by atoms with Gasteiger partial charge < -0.3 is 15.5 Å². The van der Waals surface area contributed by atoms with Crippen LogP contribution in [0.3, 0.4) is 0 Å². The lowest BCUT2D eigenvalue weighted by atomic mass is 10.1. The van der Waals surface area contributed by atoms with Gasteiger partial charge in [-0.05, 0) is 25.8 Å². The maximum atomic E-state index is 11.8. The lowest BCUT2D eigenvalue weighted by Gasteiger charge is -2.18. The van der Waals surface area contributed by atoms with Crippen molar-refractivity contribution in [2.24, 2.45) is 4.99 Å². The molecule has 24 heavy (non-hydrogen) atoms. The third-order valence-corrected chi connectivity index (χ3v) is 4.07. The molecule has 1 atom stereocenters. The highest BCUT2D eigenvalue weighted by Crippen LogP contribution is 2.10. The highest BCUT2D eigenvalue weighted by Gasteiger charge is 2.25. The van der Waals surface area contributed by atoms with Crippen LogP contribution in [0.15, 0.2) is 29.3 Å². The van der Waals surface area contributed by atoms with Crippen molar-refractivity contribution in [3.63, 3.8) is 0 Å². The monoisotopic (exact) mass is 444 g/mol. The second-order valence-electron chi connectivity index (χ2n) is 6.00. The summed E-state index contributed by atoms with van der Waals surface area (Å²) in [5.74, 6) is 1.06. The van der Waals surface area contributed by atoms with E-state index in [1.165, 1.54) is 11.1 Å². The number of aliphatic imine (C=N–C) groups is 1. The number of hydrogen-bond donors (Lipinski definition) is 2. The van der Waals surface area contributed by atoms with E-state index in [4.69, 9.17) is 0 Å². The molecule has 0 radical (unpaired) electrons. The normalized spacial score (nSPS) is 17.4. The molecule has 6 heteroatoms. The maximum absolute atomic E-state index is 11.8. The first kappa shape index (κ1) is 20.7. The summed E-state index contributed by atoms with van der Waals surface area (Å²) >= 11 is 0. The third kappa shape index (κ3) is 6.30. The molecule has 1 aromatic carbocycles. The molecule has 1 saturated heterocycles. The molecule has 0 spiro atoms. The van der Waals surface area contributed by atoms with Crippen molar-refractivity contribution >= 4 is 35.8 Å². The predicted molar refractivity (Wildman–Crippen MR) is 110 cm³/mol. The van der Waals surface area contributed by atoms with Gasteiger partial charge in [0.1, 0.15) is 0 Å². The molecule has 2 rings (SSSR count). The lowest BCUT2D eigenvalue weighted by Crippen LogP contribution is -2.45. The second kappa shape index (κ2) is 10.5. The van der Waals surface area contributed by atoms with Crippen LogP contribution < -0.4 is 10.6 Å². The SMILES string of the molecule is CCNC(=NCc1ccc(C)cc1)NC1CCN(C(=O)CC)C1.I. The van der Waals surface area contributed by atoms with Gasteiger partial charge in [0.25, 0.3) is 0 Å². The number of amides is 1. The van der Waals surface area contributed by atoms with Crippen LogP contribution in [0, 0.1) is 6.92 Å². The van der Waals surface area contributed by atoms with Crippen molar-refractivity contribution in [1.29, 1.82) is 0 Å². The van der Waals surface area contributed by atoms with Crippen molar-refractivity contribution in [2.75, 3.05) is 19.6 Å². The van der Waals surface area contributed by atoms with Crippen LogP contribution >= 0.6 is 24.0 Å². The number of carbonyl (C=O) groups is 1. The summed E-state index contributed by atoms with van der Waals surface area (Å²) in [7, 11) is 0. The lowest BCUT2D eigenvalue weighted by molar-refractivity contribution is -0.129. The van der Waals surface area contributed by atoms with Crippen molar-refractivity contribution < 1.29 is 4.79 Å². The van der Waals surface area contributed by atoms with Gasteiger partial charge >= 0.3 is 0 Å². The molecule has 1 aromatic rings. The summed E-state index contributed by atoms with van der Waals surface area (Å²) < 4.78 is 0. The Hall–Kier alpha value is -1.31. The van der Waals surface area contributed by atoms with E-state index >= 15 is 0 Å². The zero-order valence-corrected chi connectivity index (χ0v) is 17.2. The van der Waals surface area contributed by atoms with E-state index in [1.54, 1.807) is 0 Å². The summed E-state index contributed by atoms with van der Waals surface area (Å²) in [5.41, 5.74) is 2.46. The molecule has 0 aliphatic carbocycles. The van der Waals surface area contributed by atoms with Gasteiger partial charge in [0, 0.05) is 32.1 Å². The summed E-state index contributed by atoms with van der Waals surface area (Å²) in [5, 5.41) is 6.74. The standard InChI is InChI=1S/C18H28N4O.HI/c1-4-17(23)22-11-10-16(13-22)21-18(19-5-2)20-12-15-8-6-14(3)7-9-15;/h6-9,16H,4-5,10-13H2,1-3H3,(H2,19,20,21);1H. The Bertz CT molecular complexity index is 544. The van der Waals surface area contributed by atoms with Gasteiger partial charge in [-0.2, -0.15) is 0 Å². The third-order valence-electron chi connectivity index (χ3n) is 4.07. The molecule has 1 aliphatic rings. The average Bonchev–Trinajstić information content (AvgIpc) is 3.02. The molecule has 1 heterocycles. The summed E-state index contributed by atoms with van der Waals surface area (Å²) in [6.07, 6.45) is 1.55. The quantitative estimate of drug-likeness (QED) is 0.417. The van der Waals surface area contributed by atoms with Gasteiger partial charge in [0.15, 0.2) is 5.96 Å². The molecule has 1 unspecified atom stereocenters. The van der Waals surface area contributed by atoms with E-state index in [2.05, 4.69) is 53.7 Å². The van der Waals surface area contributed by atoms with Crippen LogP contribution in [0.5, 0.6) is 0 Å². The van der Waals surface area contributed by atoms with Crippen molar-refractivity contribution in [3.8, 4) is 0 Å². The number of nitrogens with one attached hydrogen (secondary N) is 2. The van der Waals surface area contributed by atoms with Gasteiger partial charge in [-0.25, -0.2) is 4.99 Å². The Labute approximate surface area is 162 Å². The van der Waals surface area contributed by atoms with Gasteiger partial charge in [-0.1, -0.05) is 36.8 Å². The van der Waals surface area contributed by atoms with E-state index in [0.717, 1.165) is 32.0 Å². The van der Waals surface area contributed by atoms with Crippen LogP contribution in [0.25, 0.3) is 0 Å². The average molecular weight is 444 g/mol. The Kier molecular flexibility index (Phi) is 9.10. The number of carbonyl (C=O) groups excluding carboxylic acids is 1. The minimum atomic E-state index is 0. The Morgan fingerprint density at radius 2 is 2.00 bits per heavy atom. The van der Waals surface area contributed by atoms with E-state index in [9.17, 15) is 4.79 Å². The Morgan fingerprint density at radius 3 is 2.62 bits per heavy atom. The van der Waals surface area contributed by atoms with Crippen LogP contribution in [-0.4, -0.2) is 42.4 Å². The fourth-order valence-corrected chi connectivity index (χ4v) is 2.71. The minimum absolute atomic E-state index is 0. The first-order valence-corrected chi connectivity index (χ1v) is 8.50. The van der Waals surface area contributed by atoms with Crippen LogP contribution in [0.1, 0.15) is 37.8 Å². The maximum Gasteiger partial charge on any atom is 0.222 e. The number of halogens is 1. The highest BCUT2D eigenvalue weighted by molar-refractivity contribution is 14.0. The van der Waals surface area contributed by atoms with E-state index < -0.39 is 0 Å². The number of aryl methyl sites for hydroxylation is 1. The van der Waals surface area contributed by atoms with E-state index in [-0.39, 0.29) is 35.9 Å². The topological polar surface area (TPSA) is 56.7 Å². The number of likely N-dealkylation sites (tertiary alicyclic amines) is 1. The molecule has 134 valence electrons. The molecular formula is C18H29IN4O. The van der Waals surface area contributed by atoms with Crippen LogP contribution in [0.4, 0.5) is 0 Å². The summed E-state index contributed by atoms with van der Waals surface area (Å²) in [6.45, 7) is 9.14. The van der Waals surface area contributed by atoms with Crippen molar-refractivity contribution in [3.05, 3.63) is 35.4 Å². The Balaban J connectivity index is 0.00000288.